The molecule has 5 heteroatoms. The van der Waals surface area contributed by atoms with Crippen molar-refractivity contribution in [3.63, 3.8) is 0 Å². The molecule has 4 aliphatic carbocycles. The average Bonchev–Trinajstić information content (AvgIpc) is 4.13. The van der Waals surface area contributed by atoms with E-state index >= 15 is 0 Å². The first-order valence-electron chi connectivity index (χ1n) is 21.2. The average molecular weight is 775 g/mol. The van der Waals surface area contributed by atoms with Crippen LogP contribution in [-0.4, -0.2) is 26.9 Å². The molecule has 0 amide bonds. The number of pyridine rings is 2. The second-order valence-corrected chi connectivity index (χ2v) is 50.5. The van der Waals surface area contributed by atoms with Gasteiger partial charge in [-0.1, -0.05) is 0 Å². The van der Waals surface area contributed by atoms with Crippen LogP contribution in [0.3, 0.4) is 0 Å². The summed E-state index contributed by atoms with van der Waals surface area (Å²) in [5, 5.41) is 0.216. The summed E-state index contributed by atoms with van der Waals surface area (Å²) in [4.78, 5) is 16.3. The van der Waals surface area contributed by atoms with Crippen molar-refractivity contribution in [3.05, 3.63) is 132 Å². The summed E-state index contributed by atoms with van der Waals surface area (Å²) < 4.78 is 1.71. The second kappa shape index (κ2) is 5.16. The Balaban J connectivity index is 1.03. The predicted octanol–water partition coefficient (Wildman–Crippen LogP) is 12.0. The molecule has 2 nitrogen and oxygen atoms in total. The van der Waals surface area contributed by atoms with Crippen LogP contribution in [-0.2, 0) is 20.3 Å². The number of hydrogen-bond donors (Lipinski definition) is 0. The van der Waals surface area contributed by atoms with E-state index < -0.39 is 6.51 Å². The van der Waals surface area contributed by atoms with Crippen molar-refractivity contribution in [2.75, 3.05) is 6.16 Å². The second-order valence-electron chi connectivity index (χ2n) is 23.8. The van der Waals surface area contributed by atoms with Gasteiger partial charge < -0.3 is 0 Å². The molecule has 10 saturated heterocycles. The SMILES string of the molecule is CC(C)(C)P(C[C]12[C]3(c4ccccc4)[C]4(c5ccccc5)[CH]5[C]1(C(P)(c1cccnc1)c1cccnc1)[Fe]54231678[CH]2[CH]1[CH]6[CH]7[CH]28)C1C2CC3CC(C2)CC1C3. The van der Waals surface area contributed by atoms with E-state index in [9.17, 15) is 0 Å². The fourth-order valence-corrected chi connectivity index (χ4v) is 121. The Morgan fingerprint density at radius 3 is 1.64 bits per heavy atom. The van der Waals surface area contributed by atoms with E-state index in [-0.39, 0.29) is 13.1 Å². The standard InChI is InChI=1S/C43H47N2P2.C5H5.Fe/c1-42(2,3)47(41-33-21-29-20-30(23-33)24-34(41)22-29)28-38-39(43(46,35-16-10-18-44-26-35)36-17-11-19-45-27-36)25-37(31-12-6-4-7-13-31)40(38)32-14-8-5-9-15-32;1-2-4-5-3-1;/h4-19,25-27,29-30,33-34,41H,20-24,28,46H2,1-3H3;1-5H;. The van der Waals surface area contributed by atoms with Gasteiger partial charge >= 0.3 is 310 Å². The van der Waals surface area contributed by atoms with Crippen LogP contribution in [0.4, 0.5) is 0 Å². The molecule has 14 aliphatic rings. The van der Waals surface area contributed by atoms with Crippen molar-refractivity contribution in [3.8, 4) is 0 Å². The molecule has 0 radical (unpaired) electrons. The first-order valence-corrected chi connectivity index (χ1v) is 29.4. The summed E-state index contributed by atoms with van der Waals surface area (Å²) in [7, 11) is 3.62. The van der Waals surface area contributed by atoms with Crippen molar-refractivity contribution in [1.82, 2.24) is 9.97 Å². The van der Waals surface area contributed by atoms with Gasteiger partial charge in [-0.15, -0.1) is 0 Å². The molecular formula is C48H52FeN2P2. The van der Waals surface area contributed by atoms with Gasteiger partial charge in [-0.25, -0.2) is 0 Å². The van der Waals surface area contributed by atoms with Gasteiger partial charge in [0, 0.05) is 0 Å². The van der Waals surface area contributed by atoms with E-state index in [1.807, 2.05) is 23.5 Å². The fourth-order valence-electron chi connectivity index (χ4n) is 29.6. The Kier molecular flexibility index (Phi) is 2.77. The first-order chi connectivity index (χ1) is 25.5. The summed E-state index contributed by atoms with van der Waals surface area (Å²) in [5.41, 5.74) is 7.58. The number of aromatic nitrogens is 2. The fraction of sp³-hybridized carbons (Fsp3) is 0.542. The topological polar surface area (TPSA) is 25.8 Å². The summed E-state index contributed by atoms with van der Waals surface area (Å²) in [6, 6.07) is 34.7. The molecule has 7 unspecified atom stereocenters. The van der Waals surface area contributed by atoms with Gasteiger partial charge in [0.1, 0.15) is 0 Å². The number of fused-ring (bicyclic) bond motifs is 10. The molecule has 53 heavy (non-hydrogen) atoms. The summed E-state index contributed by atoms with van der Waals surface area (Å²) in [6.07, 6.45) is 18.0. The molecule has 4 aromatic rings. The van der Waals surface area contributed by atoms with E-state index in [2.05, 4.69) is 127 Å². The molecule has 18 rings (SSSR count). The Hall–Kier alpha value is -1.88. The zero-order chi connectivity index (χ0) is 34.9. The number of benzene rings is 2. The van der Waals surface area contributed by atoms with Crippen LogP contribution in [0.1, 0.15) is 75.1 Å². The number of hydrogen-bond acceptors (Lipinski definition) is 2. The maximum atomic E-state index is 4.98. The van der Waals surface area contributed by atoms with Crippen LogP contribution in [0.5, 0.6) is 0 Å². The summed E-state index contributed by atoms with van der Waals surface area (Å²) in [6.45, 7) is 3.32. The third-order valence-corrected chi connectivity index (χ3v) is 76.6. The van der Waals surface area contributed by atoms with Gasteiger partial charge in [-0.3, -0.25) is 0 Å². The van der Waals surface area contributed by atoms with E-state index in [1.165, 1.54) is 11.1 Å². The molecule has 4 saturated carbocycles. The molecule has 12 heterocycles. The van der Waals surface area contributed by atoms with E-state index in [0.29, 0.717) is 22.4 Å². The quantitative estimate of drug-likeness (QED) is 0.132. The van der Waals surface area contributed by atoms with Crippen LogP contribution >= 0.6 is 17.2 Å². The molecule has 2 aromatic carbocycles. The maximum absolute atomic E-state index is 4.98. The summed E-state index contributed by atoms with van der Waals surface area (Å²) >= 11 is 0. The van der Waals surface area contributed by atoms with Crippen LogP contribution in [0.15, 0.2) is 110 Å². The zero-order valence-electron chi connectivity index (χ0n) is 31.3. The molecule has 1 spiro atoms. The molecular weight excluding hydrogens is 722 g/mol. The minimum absolute atomic E-state index is 0.146. The van der Waals surface area contributed by atoms with Crippen LogP contribution < -0.4 is 0 Å². The molecule has 2 aromatic heterocycles. The molecule has 272 valence electrons. The van der Waals surface area contributed by atoms with E-state index in [0.717, 1.165) is 58.2 Å². The van der Waals surface area contributed by atoms with E-state index in [1.54, 1.807) is 38.3 Å². The Labute approximate surface area is 308 Å². The van der Waals surface area contributed by atoms with Crippen molar-refractivity contribution in [1.29, 1.82) is 0 Å². The number of rotatable bonds is 8. The molecule has 14 fully saturated rings. The van der Waals surface area contributed by atoms with Crippen molar-refractivity contribution < 1.29 is 6.51 Å². The Morgan fingerprint density at radius 1 is 0.679 bits per heavy atom. The molecule has 4 bridgehead atoms. The predicted molar refractivity (Wildman–Crippen MR) is 215 cm³/mol. The third kappa shape index (κ3) is 0.890. The molecule has 10 aliphatic heterocycles. The molecule has 0 N–H and O–H groups in total. The van der Waals surface area contributed by atoms with Gasteiger partial charge in [0.25, 0.3) is 0 Å². The molecule has 7 atom stereocenters. The number of nitrogens with zero attached hydrogens (tertiary/aromatic N) is 2. The van der Waals surface area contributed by atoms with E-state index in [4.69, 9.17) is 9.97 Å². The normalized spacial score (nSPS) is 61.9. The van der Waals surface area contributed by atoms with Crippen molar-refractivity contribution in [2.24, 2.45) is 23.7 Å². The van der Waals surface area contributed by atoms with Gasteiger partial charge in [0.15, 0.2) is 0 Å². The third-order valence-electron chi connectivity index (χ3n) is 26.5. The first kappa shape index (κ1) is 28.5. The zero-order valence-corrected chi connectivity index (χ0v) is 34.4. The monoisotopic (exact) mass is 774 g/mol. The van der Waals surface area contributed by atoms with Crippen LogP contribution in [0.25, 0.3) is 0 Å². The van der Waals surface area contributed by atoms with Gasteiger partial charge in [0.2, 0.25) is 0 Å². The van der Waals surface area contributed by atoms with Gasteiger partial charge in [-0.2, -0.15) is 0 Å². The summed E-state index contributed by atoms with van der Waals surface area (Å²) in [5.74, 6) is 4.06. The van der Waals surface area contributed by atoms with Crippen LogP contribution in [0, 0.1) is 23.7 Å². The minimum atomic E-state index is -4.89. The van der Waals surface area contributed by atoms with Crippen molar-refractivity contribution >= 4 is 17.2 Å². The van der Waals surface area contributed by atoms with Gasteiger partial charge in [0.05, 0.1) is 0 Å². The van der Waals surface area contributed by atoms with Gasteiger partial charge in [-0.05, 0) is 0 Å². The van der Waals surface area contributed by atoms with Crippen LogP contribution in [0.2, 0.25) is 37.5 Å². The Morgan fingerprint density at radius 2 is 1.19 bits per heavy atom. The van der Waals surface area contributed by atoms with Crippen molar-refractivity contribution in [2.45, 2.75) is 115 Å². The Bertz CT molecular complexity index is 2720.